The first kappa shape index (κ1) is 37.9. The Morgan fingerprint density at radius 2 is 0.734 bits per heavy atom. The van der Waals surface area contributed by atoms with E-state index in [1.54, 1.807) is 0 Å². The highest BCUT2D eigenvalue weighted by Crippen LogP contribution is 2.50. The van der Waals surface area contributed by atoms with Crippen molar-refractivity contribution in [3.63, 3.8) is 0 Å². The van der Waals surface area contributed by atoms with Gasteiger partial charge in [-0.15, -0.1) is 11.3 Å². The van der Waals surface area contributed by atoms with E-state index in [2.05, 4.69) is 208 Å². The number of aromatic nitrogens is 3. The molecule has 0 spiro atoms. The van der Waals surface area contributed by atoms with Gasteiger partial charge in [0.2, 0.25) is 0 Å². The fraction of sp³-hybridized carbons (Fsp3) is 0.0500. The molecule has 2 aromatic heterocycles. The van der Waals surface area contributed by atoms with Crippen LogP contribution in [0.2, 0.25) is 0 Å². The molecule has 1 aliphatic carbocycles. The van der Waals surface area contributed by atoms with Crippen molar-refractivity contribution in [3.05, 3.63) is 223 Å². The third kappa shape index (κ3) is 6.45. The maximum absolute atomic E-state index is 5.34. The predicted octanol–water partition coefficient (Wildman–Crippen LogP) is 16.2. The topological polar surface area (TPSA) is 38.7 Å². The number of nitrogens with zero attached hydrogens (tertiary/aromatic N) is 3. The average molecular weight is 836 g/mol. The summed E-state index contributed by atoms with van der Waals surface area (Å²) < 4.78 is 2.54. The largest absolute Gasteiger partial charge is 0.208 e. The molecule has 0 fully saturated rings. The van der Waals surface area contributed by atoms with E-state index in [9.17, 15) is 0 Å². The Balaban J connectivity index is 1.02. The van der Waals surface area contributed by atoms with Gasteiger partial charge in [-0.25, -0.2) is 15.0 Å². The Morgan fingerprint density at radius 3 is 1.39 bits per heavy atom. The zero-order chi connectivity index (χ0) is 42.8. The van der Waals surface area contributed by atoms with E-state index < -0.39 is 0 Å². The van der Waals surface area contributed by atoms with Crippen LogP contribution in [0.3, 0.4) is 0 Å². The second kappa shape index (κ2) is 15.2. The SMILES string of the molecule is CC1(C)c2ccccc2-c2ccc(-c3nc(-c4ccccc4)nc(-c4cc(-c5ccccc5)cc(-c5cccc6c5sc5c(-c7ccc(-c8ccccc8)cc7)cccc56)c4)n3)cc21. The number of hydrogen-bond acceptors (Lipinski definition) is 4. The van der Waals surface area contributed by atoms with Crippen LogP contribution in [-0.2, 0) is 5.41 Å². The molecule has 0 saturated carbocycles. The zero-order valence-corrected chi connectivity index (χ0v) is 36.3. The molecule has 9 aromatic carbocycles. The lowest BCUT2D eigenvalue weighted by Gasteiger charge is -2.21. The van der Waals surface area contributed by atoms with Gasteiger partial charge in [0.1, 0.15) is 0 Å². The lowest BCUT2D eigenvalue weighted by atomic mass is 9.82. The maximum Gasteiger partial charge on any atom is 0.164 e. The molecule has 4 heteroatoms. The third-order valence-corrected chi connectivity index (χ3v) is 14.2. The number of thiophene rings is 1. The molecule has 0 radical (unpaired) electrons. The van der Waals surface area contributed by atoms with Crippen molar-refractivity contribution < 1.29 is 0 Å². The fourth-order valence-electron chi connectivity index (χ4n) is 9.65. The molecule has 2 heterocycles. The van der Waals surface area contributed by atoms with Gasteiger partial charge in [0.05, 0.1) is 0 Å². The van der Waals surface area contributed by atoms with Crippen molar-refractivity contribution in [3.8, 4) is 89.8 Å². The Bertz CT molecular complexity index is 3560. The summed E-state index contributed by atoms with van der Waals surface area (Å²) >= 11 is 1.87. The van der Waals surface area contributed by atoms with E-state index >= 15 is 0 Å². The summed E-state index contributed by atoms with van der Waals surface area (Å²) in [6.45, 7) is 4.63. The fourth-order valence-corrected chi connectivity index (χ4v) is 11.0. The summed E-state index contributed by atoms with van der Waals surface area (Å²) in [6, 6.07) is 76.2. The molecule has 0 atom stereocenters. The highest BCUT2D eigenvalue weighted by molar-refractivity contribution is 7.26. The molecule has 0 amide bonds. The Kier molecular flexibility index (Phi) is 9.03. The van der Waals surface area contributed by atoms with Crippen LogP contribution in [0.15, 0.2) is 212 Å². The van der Waals surface area contributed by atoms with Crippen LogP contribution in [0.1, 0.15) is 25.0 Å². The van der Waals surface area contributed by atoms with E-state index in [0.29, 0.717) is 17.5 Å². The molecule has 0 saturated heterocycles. The van der Waals surface area contributed by atoms with Crippen LogP contribution in [0.25, 0.3) is 110 Å². The van der Waals surface area contributed by atoms with Crippen molar-refractivity contribution in [1.29, 1.82) is 0 Å². The normalized spacial score (nSPS) is 12.7. The second-order valence-electron chi connectivity index (χ2n) is 17.2. The standard InChI is InChI=1S/C60H41N3S/c1-60(2)53-27-13-12-22-49(53)50-33-32-43(37-54(50)60)58-61-57(42-20-10-5-11-21-42)62-59(63-58)46-35-44(39-18-8-4-9-19-39)34-45(36-46)48-24-15-26-52-51-25-14-23-47(55(51)64-56(48)52)41-30-28-40(29-31-41)38-16-6-3-7-17-38/h3-37H,1-2H3. The van der Waals surface area contributed by atoms with Crippen LogP contribution in [0, 0.1) is 0 Å². The summed E-state index contributed by atoms with van der Waals surface area (Å²) in [4.78, 5) is 15.8. The van der Waals surface area contributed by atoms with Gasteiger partial charge >= 0.3 is 0 Å². The molecule has 12 rings (SSSR count). The van der Waals surface area contributed by atoms with E-state index in [1.165, 1.54) is 70.2 Å². The zero-order valence-electron chi connectivity index (χ0n) is 35.5. The smallest absolute Gasteiger partial charge is 0.164 e. The Morgan fingerprint density at radius 1 is 0.297 bits per heavy atom. The summed E-state index contributed by atoms with van der Waals surface area (Å²) in [5, 5.41) is 2.52. The van der Waals surface area contributed by atoms with E-state index in [0.717, 1.165) is 33.4 Å². The number of rotatable bonds is 7. The van der Waals surface area contributed by atoms with Crippen LogP contribution in [-0.4, -0.2) is 15.0 Å². The third-order valence-electron chi connectivity index (χ3n) is 12.9. The van der Waals surface area contributed by atoms with Crippen LogP contribution < -0.4 is 0 Å². The van der Waals surface area contributed by atoms with Gasteiger partial charge in [-0.1, -0.05) is 202 Å². The van der Waals surface area contributed by atoms with Crippen LogP contribution >= 0.6 is 11.3 Å². The molecule has 0 N–H and O–H groups in total. The summed E-state index contributed by atoms with van der Waals surface area (Å²) in [6.07, 6.45) is 0. The van der Waals surface area contributed by atoms with Gasteiger partial charge in [-0.3, -0.25) is 0 Å². The van der Waals surface area contributed by atoms with Crippen molar-refractivity contribution in [2.75, 3.05) is 0 Å². The number of benzene rings is 9. The van der Waals surface area contributed by atoms with Gasteiger partial charge in [0.15, 0.2) is 17.5 Å². The van der Waals surface area contributed by atoms with E-state index in [4.69, 9.17) is 15.0 Å². The average Bonchev–Trinajstić information content (AvgIpc) is 3.86. The number of fused-ring (bicyclic) bond motifs is 6. The van der Waals surface area contributed by atoms with Gasteiger partial charge in [0.25, 0.3) is 0 Å². The first-order valence-electron chi connectivity index (χ1n) is 21.8. The molecule has 1 aliphatic rings. The van der Waals surface area contributed by atoms with Gasteiger partial charge in [-0.2, -0.15) is 0 Å². The highest BCUT2D eigenvalue weighted by atomic mass is 32.1. The van der Waals surface area contributed by atoms with E-state index in [1.807, 2.05) is 29.5 Å². The molecular formula is C60H41N3S. The minimum absolute atomic E-state index is 0.152. The minimum atomic E-state index is -0.152. The second-order valence-corrected chi connectivity index (χ2v) is 18.2. The Hall–Kier alpha value is -7.79. The monoisotopic (exact) mass is 835 g/mol. The highest BCUT2D eigenvalue weighted by Gasteiger charge is 2.35. The molecule has 0 aliphatic heterocycles. The molecule has 11 aromatic rings. The maximum atomic E-state index is 5.34. The molecule has 0 unspecified atom stereocenters. The quantitative estimate of drug-likeness (QED) is 0.161. The van der Waals surface area contributed by atoms with Gasteiger partial charge < -0.3 is 0 Å². The van der Waals surface area contributed by atoms with Crippen LogP contribution in [0.5, 0.6) is 0 Å². The lowest BCUT2D eigenvalue weighted by Crippen LogP contribution is -2.15. The van der Waals surface area contributed by atoms with Crippen molar-refractivity contribution >= 4 is 31.5 Å². The van der Waals surface area contributed by atoms with Crippen molar-refractivity contribution in [2.24, 2.45) is 0 Å². The van der Waals surface area contributed by atoms with Crippen molar-refractivity contribution in [2.45, 2.75) is 19.3 Å². The van der Waals surface area contributed by atoms with Crippen LogP contribution in [0.4, 0.5) is 0 Å². The summed E-state index contributed by atoms with van der Waals surface area (Å²) in [5.41, 5.74) is 17.3. The van der Waals surface area contributed by atoms with E-state index in [-0.39, 0.29) is 5.41 Å². The first-order valence-corrected chi connectivity index (χ1v) is 22.7. The molecule has 0 bridgehead atoms. The first-order chi connectivity index (χ1) is 31.5. The van der Waals surface area contributed by atoms with Gasteiger partial charge in [-0.05, 0) is 91.0 Å². The van der Waals surface area contributed by atoms with Crippen molar-refractivity contribution in [1.82, 2.24) is 15.0 Å². The summed E-state index contributed by atoms with van der Waals surface area (Å²) in [5.74, 6) is 1.93. The molecular weight excluding hydrogens is 795 g/mol. The minimum Gasteiger partial charge on any atom is -0.208 e. The Labute approximate surface area is 377 Å². The molecule has 302 valence electrons. The lowest BCUT2D eigenvalue weighted by molar-refractivity contribution is 0.660. The molecule has 64 heavy (non-hydrogen) atoms. The number of hydrogen-bond donors (Lipinski definition) is 0. The van der Waals surface area contributed by atoms with Gasteiger partial charge in [0, 0.05) is 42.3 Å². The summed E-state index contributed by atoms with van der Waals surface area (Å²) in [7, 11) is 0. The predicted molar refractivity (Wildman–Crippen MR) is 268 cm³/mol. The molecule has 3 nitrogen and oxygen atoms in total.